The number of benzene rings is 2. The topological polar surface area (TPSA) is 75.6 Å². The Hall–Kier alpha value is -2.37. The first-order valence-electron chi connectivity index (χ1n) is 8.32. The quantitative estimate of drug-likeness (QED) is 0.719. The Labute approximate surface area is 157 Å². The van der Waals surface area contributed by atoms with Gasteiger partial charge in [-0.2, -0.15) is 0 Å². The van der Waals surface area contributed by atoms with Gasteiger partial charge < -0.3 is 9.84 Å². The van der Waals surface area contributed by atoms with Gasteiger partial charge in [0.05, 0.1) is 6.61 Å². The molecule has 0 bridgehead atoms. The van der Waals surface area contributed by atoms with Gasteiger partial charge in [-0.15, -0.1) is 0 Å². The molecule has 0 heterocycles. The molecule has 0 fully saturated rings. The molecule has 26 heavy (non-hydrogen) atoms. The van der Waals surface area contributed by atoms with Gasteiger partial charge in [0, 0.05) is 10.6 Å². The standard InChI is InChI=1S/C20H22ClNO4/c1-4-26-18(23)13(2)22-20(3,19(24)25)16-11-10-15(12-17(16)21)14-8-6-5-7-9-14/h5-13,22H,4H2,1-3H3,(H,24,25)/t13-,20?/m0/s1. The van der Waals surface area contributed by atoms with Crippen molar-refractivity contribution in [2.75, 3.05) is 6.61 Å². The van der Waals surface area contributed by atoms with Gasteiger partial charge in [-0.1, -0.05) is 54.1 Å². The van der Waals surface area contributed by atoms with E-state index in [1.807, 2.05) is 36.4 Å². The van der Waals surface area contributed by atoms with Crippen LogP contribution in [0, 0.1) is 0 Å². The summed E-state index contributed by atoms with van der Waals surface area (Å²) in [5.41, 5.74) is 0.692. The molecule has 2 aromatic carbocycles. The zero-order valence-corrected chi connectivity index (χ0v) is 15.7. The molecule has 2 aromatic rings. The average Bonchev–Trinajstić information content (AvgIpc) is 2.62. The van der Waals surface area contributed by atoms with Crippen molar-refractivity contribution in [3.8, 4) is 11.1 Å². The van der Waals surface area contributed by atoms with Crippen molar-refractivity contribution in [2.45, 2.75) is 32.4 Å². The van der Waals surface area contributed by atoms with Gasteiger partial charge in [0.25, 0.3) is 0 Å². The fourth-order valence-corrected chi connectivity index (χ4v) is 3.11. The lowest BCUT2D eigenvalue weighted by atomic mass is 9.89. The lowest BCUT2D eigenvalue weighted by Crippen LogP contribution is -2.53. The summed E-state index contributed by atoms with van der Waals surface area (Å²) in [5.74, 6) is -1.65. The Morgan fingerprint density at radius 2 is 1.85 bits per heavy atom. The van der Waals surface area contributed by atoms with Crippen LogP contribution >= 0.6 is 11.6 Å². The highest BCUT2D eigenvalue weighted by molar-refractivity contribution is 6.32. The molecule has 1 unspecified atom stereocenters. The molecular weight excluding hydrogens is 354 g/mol. The maximum atomic E-state index is 12.0. The Morgan fingerprint density at radius 3 is 2.38 bits per heavy atom. The summed E-state index contributed by atoms with van der Waals surface area (Å²) < 4.78 is 4.94. The Balaban J connectivity index is 2.38. The number of carboxylic acids is 1. The Morgan fingerprint density at radius 1 is 1.19 bits per heavy atom. The lowest BCUT2D eigenvalue weighted by Gasteiger charge is -2.30. The van der Waals surface area contributed by atoms with Gasteiger partial charge in [0.1, 0.15) is 11.6 Å². The third-order valence-electron chi connectivity index (χ3n) is 4.19. The van der Waals surface area contributed by atoms with Crippen molar-refractivity contribution in [1.29, 1.82) is 0 Å². The number of carbonyl (C=O) groups is 2. The van der Waals surface area contributed by atoms with E-state index in [9.17, 15) is 14.7 Å². The molecule has 0 amide bonds. The molecule has 6 heteroatoms. The fraction of sp³-hybridized carbons (Fsp3) is 0.300. The van der Waals surface area contributed by atoms with Crippen molar-refractivity contribution in [2.24, 2.45) is 0 Å². The third kappa shape index (κ3) is 4.23. The number of halogens is 1. The molecule has 0 saturated carbocycles. The van der Waals surface area contributed by atoms with E-state index in [0.29, 0.717) is 10.6 Å². The van der Waals surface area contributed by atoms with Crippen molar-refractivity contribution < 1.29 is 19.4 Å². The SMILES string of the molecule is CCOC(=O)[C@H](C)NC(C)(C(=O)O)c1ccc(-c2ccccc2)cc1Cl. The summed E-state index contributed by atoms with van der Waals surface area (Å²) in [6, 6.07) is 14.1. The van der Waals surface area contributed by atoms with Crippen LogP contribution in [0.4, 0.5) is 0 Å². The third-order valence-corrected chi connectivity index (χ3v) is 4.50. The van der Waals surface area contributed by atoms with Crippen molar-refractivity contribution in [1.82, 2.24) is 5.32 Å². The van der Waals surface area contributed by atoms with E-state index < -0.39 is 23.5 Å². The minimum atomic E-state index is -1.54. The first-order chi connectivity index (χ1) is 12.3. The van der Waals surface area contributed by atoms with Gasteiger partial charge in [0.15, 0.2) is 0 Å². The zero-order valence-electron chi connectivity index (χ0n) is 15.0. The first kappa shape index (κ1) is 19.9. The summed E-state index contributed by atoms with van der Waals surface area (Å²) in [4.78, 5) is 23.9. The molecule has 138 valence electrons. The van der Waals surface area contributed by atoms with Crippen LogP contribution in [0.1, 0.15) is 26.3 Å². The van der Waals surface area contributed by atoms with Crippen LogP contribution in [0.5, 0.6) is 0 Å². The summed E-state index contributed by atoms with van der Waals surface area (Å²) in [6.07, 6.45) is 0. The van der Waals surface area contributed by atoms with E-state index >= 15 is 0 Å². The van der Waals surface area contributed by atoms with Crippen LogP contribution < -0.4 is 5.32 Å². The highest BCUT2D eigenvalue weighted by atomic mass is 35.5. The molecule has 0 aliphatic heterocycles. The summed E-state index contributed by atoms with van der Waals surface area (Å²) in [5, 5.41) is 12.9. The van der Waals surface area contributed by atoms with Gasteiger partial charge in [-0.3, -0.25) is 10.1 Å². The van der Waals surface area contributed by atoms with Crippen molar-refractivity contribution in [3.63, 3.8) is 0 Å². The molecular formula is C20H22ClNO4. The molecule has 0 spiro atoms. The number of aliphatic carboxylic acids is 1. The number of hydrogen-bond acceptors (Lipinski definition) is 4. The van der Waals surface area contributed by atoms with E-state index in [1.54, 1.807) is 26.0 Å². The molecule has 2 N–H and O–H groups in total. The van der Waals surface area contributed by atoms with Gasteiger partial charge in [-0.25, -0.2) is 4.79 Å². The van der Waals surface area contributed by atoms with Crippen LogP contribution in [-0.2, 0) is 19.9 Å². The normalized spacial score (nSPS) is 14.3. The number of esters is 1. The highest BCUT2D eigenvalue weighted by Crippen LogP contribution is 2.33. The van der Waals surface area contributed by atoms with Gasteiger partial charge in [-0.05, 0) is 38.0 Å². The Bertz CT molecular complexity index is 794. The van der Waals surface area contributed by atoms with E-state index in [0.717, 1.165) is 11.1 Å². The van der Waals surface area contributed by atoms with Crippen LogP contribution in [0.2, 0.25) is 5.02 Å². The van der Waals surface area contributed by atoms with Crippen molar-refractivity contribution in [3.05, 3.63) is 59.1 Å². The zero-order chi connectivity index (χ0) is 19.3. The smallest absolute Gasteiger partial charge is 0.328 e. The maximum absolute atomic E-state index is 12.0. The van der Waals surface area contributed by atoms with E-state index in [4.69, 9.17) is 16.3 Å². The lowest BCUT2D eigenvalue weighted by molar-refractivity contribution is -0.149. The number of rotatable bonds is 7. The Kier molecular flexibility index (Phi) is 6.40. The van der Waals surface area contributed by atoms with Crippen LogP contribution in [-0.4, -0.2) is 29.7 Å². The number of nitrogens with one attached hydrogen (secondary N) is 1. The first-order valence-corrected chi connectivity index (χ1v) is 8.70. The molecule has 0 radical (unpaired) electrons. The monoisotopic (exact) mass is 375 g/mol. The second-order valence-electron chi connectivity index (χ2n) is 6.11. The average molecular weight is 376 g/mol. The molecule has 0 aliphatic carbocycles. The molecule has 0 aromatic heterocycles. The summed E-state index contributed by atoms with van der Waals surface area (Å²) in [6.45, 7) is 4.96. The highest BCUT2D eigenvalue weighted by Gasteiger charge is 2.39. The van der Waals surface area contributed by atoms with Crippen LogP contribution in [0.3, 0.4) is 0 Å². The number of ether oxygens (including phenoxy) is 1. The largest absolute Gasteiger partial charge is 0.480 e. The van der Waals surface area contributed by atoms with E-state index in [1.165, 1.54) is 6.92 Å². The predicted octanol–water partition coefficient (Wildman–Crippen LogP) is 3.85. The van der Waals surface area contributed by atoms with Crippen molar-refractivity contribution >= 4 is 23.5 Å². The van der Waals surface area contributed by atoms with E-state index in [-0.39, 0.29) is 6.61 Å². The number of carboxylic acid groups (broad SMARTS) is 1. The second kappa shape index (κ2) is 8.34. The maximum Gasteiger partial charge on any atom is 0.328 e. The number of carbonyl (C=O) groups excluding carboxylic acids is 1. The van der Waals surface area contributed by atoms with Crippen LogP contribution in [0.15, 0.2) is 48.5 Å². The van der Waals surface area contributed by atoms with Gasteiger partial charge in [0.2, 0.25) is 0 Å². The second-order valence-corrected chi connectivity index (χ2v) is 6.52. The summed E-state index contributed by atoms with van der Waals surface area (Å²) in [7, 11) is 0. The van der Waals surface area contributed by atoms with E-state index in [2.05, 4.69) is 5.32 Å². The van der Waals surface area contributed by atoms with Crippen LogP contribution in [0.25, 0.3) is 11.1 Å². The van der Waals surface area contributed by atoms with Gasteiger partial charge >= 0.3 is 11.9 Å². The summed E-state index contributed by atoms with van der Waals surface area (Å²) >= 11 is 6.41. The minimum absolute atomic E-state index is 0.223. The molecule has 2 rings (SSSR count). The molecule has 0 aliphatic rings. The molecule has 0 saturated heterocycles. The molecule has 2 atom stereocenters. The number of hydrogen-bond donors (Lipinski definition) is 2. The predicted molar refractivity (Wildman–Crippen MR) is 101 cm³/mol. The fourth-order valence-electron chi connectivity index (χ4n) is 2.74. The minimum Gasteiger partial charge on any atom is -0.480 e. The molecule has 5 nitrogen and oxygen atoms in total.